The molecule has 2 aromatic carbocycles. The van der Waals surface area contributed by atoms with Gasteiger partial charge in [0.1, 0.15) is 0 Å². The molecule has 0 bridgehead atoms. The van der Waals surface area contributed by atoms with Crippen molar-refractivity contribution in [2.75, 3.05) is 18.0 Å². The van der Waals surface area contributed by atoms with Crippen molar-refractivity contribution in [3.05, 3.63) is 82.7 Å². The highest BCUT2D eigenvalue weighted by atomic mass is 16.6. The lowest BCUT2D eigenvalue weighted by Crippen LogP contribution is -2.44. The number of nitrogens with zero attached hydrogens (tertiary/aromatic N) is 2. The van der Waals surface area contributed by atoms with Crippen LogP contribution in [0.3, 0.4) is 0 Å². The molecular weight excluding hydrogens is 562 g/mol. The fourth-order valence-electron chi connectivity index (χ4n) is 6.76. The number of ether oxygens (including phenoxy) is 2. The number of pyridine rings is 1. The van der Waals surface area contributed by atoms with Crippen molar-refractivity contribution >= 4 is 17.6 Å². The minimum absolute atomic E-state index is 0.123. The van der Waals surface area contributed by atoms with E-state index in [0.717, 1.165) is 65.3 Å². The molecule has 1 aliphatic heterocycles. The number of piperidine rings is 1. The topological polar surface area (TPSA) is 80.8 Å². The predicted molar refractivity (Wildman–Crippen MR) is 179 cm³/mol. The number of aromatic nitrogens is 1. The summed E-state index contributed by atoms with van der Waals surface area (Å²) in [6.45, 7) is 15.9. The highest BCUT2D eigenvalue weighted by Crippen LogP contribution is 2.51. The lowest BCUT2D eigenvalue weighted by atomic mass is 9.63. The molecule has 1 spiro atoms. The average Bonchev–Trinajstić information content (AvgIpc) is 2.98. The Morgan fingerprint density at radius 2 is 1.58 bits per heavy atom. The molecule has 1 saturated carbocycles. The number of rotatable bonds is 9. The molecule has 1 aromatic heterocycles. The van der Waals surface area contributed by atoms with Gasteiger partial charge < -0.3 is 19.7 Å². The number of aryl methyl sites for hydroxylation is 2. The van der Waals surface area contributed by atoms with Crippen LogP contribution in [-0.4, -0.2) is 41.7 Å². The van der Waals surface area contributed by atoms with Gasteiger partial charge in [0.15, 0.2) is 6.10 Å². The predicted octanol–water partition coefficient (Wildman–Crippen LogP) is 7.87. The largest absolute Gasteiger partial charge is 0.461 e. The zero-order chi connectivity index (χ0) is 32.4. The Morgan fingerprint density at radius 1 is 0.933 bits per heavy atom. The number of carbonyl (C=O) groups is 2. The van der Waals surface area contributed by atoms with Gasteiger partial charge in [0.2, 0.25) is 0 Å². The minimum Gasteiger partial charge on any atom is -0.461 e. The van der Waals surface area contributed by atoms with Crippen LogP contribution in [0.15, 0.2) is 54.6 Å². The van der Waals surface area contributed by atoms with Crippen molar-refractivity contribution in [1.29, 1.82) is 0 Å². The maximum Gasteiger partial charge on any atom is 0.340 e. The third-order valence-corrected chi connectivity index (χ3v) is 9.16. The summed E-state index contributed by atoms with van der Waals surface area (Å²) in [5, 5.41) is 3.02. The summed E-state index contributed by atoms with van der Waals surface area (Å²) in [6, 6.07) is 17.6. The van der Waals surface area contributed by atoms with Crippen molar-refractivity contribution in [3.8, 4) is 11.1 Å². The molecule has 2 aliphatic rings. The second-order valence-corrected chi connectivity index (χ2v) is 14.1. The first-order chi connectivity index (χ1) is 21.4. The normalized spacial score (nSPS) is 16.8. The molecule has 7 heteroatoms. The number of esters is 1. The first kappa shape index (κ1) is 32.7. The summed E-state index contributed by atoms with van der Waals surface area (Å²) in [5.41, 5.74) is 6.83. The van der Waals surface area contributed by atoms with Crippen molar-refractivity contribution in [3.63, 3.8) is 0 Å². The third-order valence-electron chi connectivity index (χ3n) is 9.16. The van der Waals surface area contributed by atoms with E-state index in [1.54, 1.807) is 0 Å². The van der Waals surface area contributed by atoms with Crippen LogP contribution in [0.2, 0.25) is 0 Å². The van der Waals surface area contributed by atoms with E-state index in [9.17, 15) is 9.59 Å². The first-order valence-corrected chi connectivity index (χ1v) is 16.4. The molecule has 240 valence electrons. The summed E-state index contributed by atoms with van der Waals surface area (Å²) >= 11 is 0. The first-order valence-electron chi connectivity index (χ1n) is 16.4. The van der Waals surface area contributed by atoms with Crippen molar-refractivity contribution in [2.45, 2.75) is 105 Å². The molecule has 1 saturated heterocycles. The Balaban J connectivity index is 1.56. The number of anilines is 1. The van der Waals surface area contributed by atoms with Crippen LogP contribution in [0.5, 0.6) is 0 Å². The van der Waals surface area contributed by atoms with Gasteiger partial charge in [0.25, 0.3) is 5.91 Å². The van der Waals surface area contributed by atoms with E-state index in [2.05, 4.69) is 10.2 Å². The van der Waals surface area contributed by atoms with Gasteiger partial charge in [-0.05, 0) is 103 Å². The zero-order valence-corrected chi connectivity index (χ0v) is 28.0. The van der Waals surface area contributed by atoms with Crippen LogP contribution in [-0.2, 0) is 20.8 Å². The Bertz CT molecular complexity index is 1490. The van der Waals surface area contributed by atoms with Gasteiger partial charge >= 0.3 is 5.97 Å². The van der Waals surface area contributed by atoms with Gasteiger partial charge in [0, 0.05) is 47.7 Å². The van der Waals surface area contributed by atoms with Crippen molar-refractivity contribution < 1.29 is 19.1 Å². The molecule has 2 fully saturated rings. The Labute approximate surface area is 268 Å². The Morgan fingerprint density at radius 3 is 2.13 bits per heavy atom. The summed E-state index contributed by atoms with van der Waals surface area (Å²) in [7, 11) is 0. The maximum atomic E-state index is 13.8. The molecule has 1 aliphatic carbocycles. The summed E-state index contributed by atoms with van der Waals surface area (Å²) < 4.78 is 12.3. The number of hydrogen-bond acceptors (Lipinski definition) is 6. The smallest absolute Gasteiger partial charge is 0.340 e. The van der Waals surface area contributed by atoms with Crippen LogP contribution in [0.1, 0.15) is 106 Å². The second kappa shape index (κ2) is 13.3. The molecule has 3 aromatic rings. The fraction of sp³-hybridized carbons (Fsp3) is 0.500. The van der Waals surface area contributed by atoms with E-state index in [-0.39, 0.29) is 12.0 Å². The Hall–Kier alpha value is -3.71. The molecular formula is C38H49N3O4. The summed E-state index contributed by atoms with van der Waals surface area (Å²) in [5.74, 6) is -0.527. The van der Waals surface area contributed by atoms with Crippen molar-refractivity contribution in [1.82, 2.24) is 10.3 Å². The molecule has 7 nitrogen and oxygen atoms in total. The van der Waals surface area contributed by atoms with Gasteiger partial charge in [-0.3, -0.25) is 9.78 Å². The number of nitrogens with one attached hydrogen (secondary N) is 1. The molecule has 1 N–H and O–H groups in total. The maximum absolute atomic E-state index is 13.8. The van der Waals surface area contributed by atoms with Crippen LogP contribution in [0.25, 0.3) is 11.1 Å². The lowest BCUT2D eigenvalue weighted by Gasteiger charge is -2.49. The lowest BCUT2D eigenvalue weighted by molar-refractivity contribution is -0.171. The monoisotopic (exact) mass is 611 g/mol. The number of hydrogen-bond donors (Lipinski definition) is 1. The summed E-state index contributed by atoms with van der Waals surface area (Å²) in [4.78, 5) is 34.2. The highest BCUT2D eigenvalue weighted by Gasteiger charge is 2.42. The van der Waals surface area contributed by atoms with E-state index >= 15 is 0 Å². The summed E-state index contributed by atoms with van der Waals surface area (Å²) in [6.07, 6.45) is 4.98. The molecule has 5 rings (SSSR count). The Kier molecular flexibility index (Phi) is 9.68. The molecule has 1 atom stereocenters. The SMILES string of the molecule is Cc1nc(C)c([C@H](OC(C)(C)C)C(=O)OC(C)C)c(N2CCC3(CCC3)CC2)c1-c1ccc(C(=O)NCc2ccccc2)cc1. The highest BCUT2D eigenvalue weighted by molar-refractivity contribution is 5.95. The van der Waals surface area contributed by atoms with Gasteiger partial charge in [-0.1, -0.05) is 48.9 Å². The van der Waals surface area contributed by atoms with E-state index < -0.39 is 17.7 Å². The van der Waals surface area contributed by atoms with E-state index in [0.29, 0.717) is 17.5 Å². The standard InChI is InChI=1S/C38H49N3O4/c1-25(2)44-36(43)34(45-37(5,6)7)32-27(4)40-26(3)31(33(32)41-22-20-38(21-23-41)18-11-19-38)29-14-16-30(17-15-29)35(42)39-24-28-12-9-8-10-13-28/h8-10,12-17,25,34H,11,18-24H2,1-7H3,(H,39,42)/t34-/m0/s1. The van der Waals surface area contributed by atoms with Crippen molar-refractivity contribution in [2.24, 2.45) is 5.41 Å². The fourth-order valence-corrected chi connectivity index (χ4v) is 6.76. The number of benzene rings is 2. The van der Waals surface area contributed by atoms with Crippen LogP contribution < -0.4 is 10.2 Å². The number of carbonyl (C=O) groups excluding carboxylic acids is 2. The van der Waals surface area contributed by atoms with Gasteiger partial charge in [0.05, 0.1) is 17.4 Å². The van der Waals surface area contributed by atoms with Crippen LogP contribution >= 0.6 is 0 Å². The van der Waals surface area contributed by atoms with Crippen LogP contribution in [0, 0.1) is 19.3 Å². The minimum atomic E-state index is -0.933. The average molecular weight is 612 g/mol. The third kappa shape index (κ3) is 7.58. The van der Waals surface area contributed by atoms with E-state index in [4.69, 9.17) is 14.5 Å². The molecule has 45 heavy (non-hydrogen) atoms. The van der Waals surface area contributed by atoms with E-state index in [1.807, 2.05) is 103 Å². The molecule has 0 radical (unpaired) electrons. The van der Waals surface area contributed by atoms with Gasteiger partial charge in [-0.2, -0.15) is 0 Å². The zero-order valence-electron chi connectivity index (χ0n) is 28.0. The number of amides is 1. The molecule has 2 heterocycles. The molecule has 1 amide bonds. The quantitative estimate of drug-likeness (QED) is 0.248. The second-order valence-electron chi connectivity index (χ2n) is 14.1. The van der Waals surface area contributed by atoms with Gasteiger partial charge in [-0.15, -0.1) is 0 Å². The van der Waals surface area contributed by atoms with Crippen LogP contribution in [0.4, 0.5) is 5.69 Å². The molecule has 0 unspecified atom stereocenters. The van der Waals surface area contributed by atoms with E-state index in [1.165, 1.54) is 19.3 Å². The van der Waals surface area contributed by atoms with Gasteiger partial charge in [-0.25, -0.2) is 4.79 Å².